The lowest BCUT2D eigenvalue weighted by Gasteiger charge is -2.26. The molecule has 29 heavy (non-hydrogen) atoms. The number of aromatic amines is 1. The highest BCUT2D eigenvalue weighted by atomic mass is 19.4. The minimum absolute atomic E-state index is 0.0550. The number of alkyl halides is 3. The maximum atomic E-state index is 12.9. The third-order valence-corrected chi connectivity index (χ3v) is 4.94. The first-order valence-electron chi connectivity index (χ1n) is 9.11. The molecule has 0 aliphatic carbocycles. The molecule has 0 atom stereocenters. The molecule has 0 bridgehead atoms. The first-order chi connectivity index (χ1) is 13.5. The molecule has 0 saturated carbocycles. The number of aromatic nitrogens is 5. The van der Waals surface area contributed by atoms with Crippen LogP contribution in [-0.4, -0.2) is 30.3 Å². The Balaban J connectivity index is 1.77. The lowest BCUT2D eigenvalue weighted by Crippen LogP contribution is -2.32. The largest absolute Gasteiger partial charge is 0.389 e. The smallest absolute Gasteiger partial charge is 0.346 e. The molecule has 4 heterocycles. The highest BCUT2D eigenvalue weighted by Gasteiger charge is 2.37. The fourth-order valence-electron chi connectivity index (χ4n) is 3.69. The minimum atomic E-state index is -4.30. The molecule has 0 unspecified atom stereocenters. The first-order valence-corrected chi connectivity index (χ1v) is 9.11. The average Bonchev–Trinajstić information content (AvgIpc) is 3.18. The van der Waals surface area contributed by atoms with Gasteiger partial charge < -0.3 is 4.98 Å². The quantitative estimate of drug-likeness (QED) is 0.554. The van der Waals surface area contributed by atoms with Crippen molar-refractivity contribution in [3.05, 3.63) is 47.1 Å². The molecule has 0 aliphatic heterocycles. The van der Waals surface area contributed by atoms with Crippen LogP contribution in [0, 0.1) is 5.41 Å². The molecule has 0 aliphatic rings. The number of nitrogens with one attached hydrogen (secondary N) is 1. The van der Waals surface area contributed by atoms with Crippen molar-refractivity contribution in [3.63, 3.8) is 0 Å². The van der Waals surface area contributed by atoms with E-state index in [-0.39, 0.29) is 12.2 Å². The second kappa shape index (κ2) is 6.47. The van der Waals surface area contributed by atoms with Crippen molar-refractivity contribution in [2.75, 3.05) is 0 Å². The van der Waals surface area contributed by atoms with E-state index in [4.69, 9.17) is 0 Å². The van der Waals surface area contributed by atoms with Crippen LogP contribution in [0.3, 0.4) is 0 Å². The maximum absolute atomic E-state index is 12.9. The molecule has 6 nitrogen and oxygen atoms in total. The van der Waals surface area contributed by atoms with E-state index in [1.807, 2.05) is 12.1 Å². The number of halogens is 3. The van der Waals surface area contributed by atoms with Gasteiger partial charge in [0.25, 0.3) is 0 Å². The van der Waals surface area contributed by atoms with Crippen molar-refractivity contribution in [2.24, 2.45) is 12.5 Å². The van der Waals surface area contributed by atoms with Crippen LogP contribution in [0.5, 0.6) is 0 Å². The summed E-state index contributed by atoms with van der Waals surface area (Å²) in [5, 5.41) is 0.935. The topological polar surface area (TPSA) is 68.5 Å². The zero-order valence-corrected chi connectivity index (χ0v) is 16.2. The highest BCUT2D eigenvalue weighted by Crippen LogP contribution is 2.34. The van der Waals surface area contributed by atoms with Crippen molar-refractivity contribution in [2.45, 2.75) is 33.0 Å². The molecule has 9 heteroatoms. The Morgan fingerprint density at radius 2 is 1.93 bits per heavy atom. The van der Waals surface area contributed by atoms with Gasteiger partial charge >= 0.3 is 11.9 Å². The van der Waals surface area contributed by atoms with Crippen molar-refractivity contribution in [3.8, 4) is 11.3 Å². The van der Waals surface area contributed by atoms with E-state index in [0.717, 1.165) is 16.6 Å². The molecular weight excluding hydrogens is 383 g/mol. The third kappa shape index (κ3) is 3.64. The molecule has 0 radical (unpaired) electrons. The Labute approximate surface area is 164 Å². The van der Waals surface area contributed by atoms with Gasteiger partial charge in [-0.05, 0) is 29.7 Å². The summed E-state index contributed by atoms with van der Waals surface area (Å²) in [7, 11) is 1.57. The van der Waals surface area contributed by atoms with Crippen molar-refractivity contribution >= 4 is 22.2 Å². The van der Waals surface area contributed by atoms with Gasteiger partial charge in [0.15, 0.2) is 5.65 Å². The van der Waals surface area contributed by atoms with E-state index in [0.29, 0.717) is 16.9 Å². The molecule has 0 spiro atoms. The zero-order valence-electron chi connectivity index (χ0n) is 16.2. The lowest BCUT2D eigenvalue weighted by atomic mass is 9.89. The summed E-state index contributed by atoms with van der Waals surface area (Å²) < 4.78 is 41.4. The standard InChI is InChI=1S/C20H20F3N5O/c1-19(2,10-20(21,22)23)11-28-15-5-4-14(26-17(15)27(3)18(28)29)13-8-12-6-7-24-16(12)25-9-13/h4-9H,10-11H2,1-3H3,(H,24,25). The lowest BCUT2D eigenvalue weighted by molar-refractivity contribution is -0.155. The Bertz CT molecular complexity index is 1260. The van der Waals surface area contributed by atoms with Gasteiger partial charge in [0.2, 0.25) is 0 Å². The summed E-state index contributed by atoms with van der Waals surface area (Å²) >= 11 is 0. The van der Waals surface area contributed by atoms with Crippen LogP contribution in [0.1, 0.15) is 20.3 Å². The number of hydrogen-bond acceptors (Lipinski definition) is 3. The second-order valence-corrected chi connectivity index (χ2v) is 8.06. The normalized spacial score (nSPS) is 12.9. The number of nitrogens with zero attached hydrogens (tertiary/aromatic N) is 4. The van der Waals surface area contributed by atoms with E-state index in [9.17, 15) is 18.0 Å². The SMILES string of the molecule is Cn1c(=O)n(CC(C)(C)CC(F)(F)F)c2ccc(-c3cnc4[nH]ccc4c3)nc21. The van der Waals surface area contributed by atoms with E-state index in [1.54, 1.807) is 31.6 Å². The fourth-order valence-corrected chi connectivity index (χ4v) is 3.69. The number of pyridine rings is 2. The van der Waals surface area contributed by atoms with E-state index < -0.39 is 18.0 Å². The zero-order chi connectivity index (χ0) is 21.0. The highest BCUT2D eigenvalue weighted by molar-refractivity contribution is 5.82. The van der Waals surface area contributed by atoms with Gasteiger partial charge in [-0.15, -0.1) is 0 Å². The van der Waals surface area contributed by atoms with Gasteiger partial charge in [0, 0.05) is 36.9 Å². The van der Waals surface area contributed by atoms with Crippen LogP contribution in [0.25, 0.3) is 33.5 Å². The van der Waals surface area contributed by atoms with Crippen LogP contribution in [0.2, 0.25) is 0 Å². The monoisotopic (exact) mass is 403 g/mol. The van der Waals surface area contributed by atoms with Crippen LogP contribution in [-0.2, 0) is 13.6 Å². The summed E-state index contributed by atoms with van der Waals surface area (Å²) in [6, 6.07) is 7.32. The Kier molecular flexibility index (Phi) is 4.29. The predicted molar refractivity (Wildman–Crippen MR) is 105 cm³/mol. The Hall–Kier alpha value is -3.10. The van der Waals surface area contributed by atoms with Gasteiger partial charge in [-0.1, -0.05) is 13.8 Å². The second-order valence-electron chi connectivity index (χ2n) is 8.06. The first kappa shape index (κ1) is 19.2. The summed E-state index contributed by atoms with van der Waals surface area (Å²) in [6.45, 7) is 2.96. The van der Waals surface area contributed by atoms with Gasteiger partial charge in [-0.2, -0.15) is 13.2 Å². The summed E-state index contributed by atoms with van der Waals surface area (Å²) in [4.78, 5) is 24.7. The number of H-pyrrole nitrogens is 1. The van der Waals surface area contributed by atoms with Crippen LogP contribution < -0.4 is 5.69 Å². The summed E-state index contributed by atoms with van der Waals surface area (Å²) in [5.74, 6) is 0. The molecular formula is C20H20F3N5O. The molecule has 152 valence electrons. The van der Waals surface area contributed by atoms with Gasteiger partial charge in [0.1, 0.15) is 5.65 Å². The fraction of sp³-hybridized carbons (Fsp3) is 0.350. The molecule has 0 aromatic carbocycles. The number of rotatable bonds is 4. The molecule has 4 rings (SSSR count). The van der Waals surface area contributed by atoms with Gasteiger partial charge in [-0.3, -0.25) is 9.13 Å². The molecule has 0 saturated heterocycles. The van der Waals surface area contributed by atoms with Crippen molar-refractivity contribution < 1.29 is 13.2 Å². The third-order valence-electron chi connectivity index (χ3n) is 4.94. The predicted octanol–water partition coefficient (Wildman–Crippen LogP) is 4.26. The Morgan fingerprint density at radius 3 is 2.66 bits per heavy atom. The summed E-state index contributed by atoms with van der Waals surface area (Å²) in [5.41, 5.74) is 1.60. The number of fused-ring (bicyclic) bond motifs is 2. The van der Waals surface area contributed by atoms with Crippen LogP contribution in [0.4, 0.5) is 13.2 Å². The average molecular weight is 403 g/mol. The molecule has 1 N–H and O–H groups in total. The summed E-state index contributed by atoms with van der Waals surface area (Å²) in [6.07, 6.45) is -1.79. The van der Waals surface area contributed by atoms with E-state index >= 15 is 0 Å². The number of aryl methyl sites for hydroxylation is 1. The number of hydrogen-bond donors (Lipinski definition) is 1. The maximum Gasteiger partial charge on any atom is 0.389 e. The van der Waals surface area contributed by atoms with Gasteiger partial charge in [0.05, 0.1) is 17.6 Å². The van der Waals surface area contributed by atoms with Crippen LogP contribution >= 0.6 is 0 Å². The Morgan fingerprint density at radius 1 is 1.17 bits per heavy atom. The van der Waals surface area contributed by atoms with Gasteiger partial charge in [-0.25, -0.2) is 14.8 Å². The number of imidazole rings is 1. The molecule has 4 aromatic rings. The van der Waals surface area contributed by atoms with E-state index in [1.165, 1.54) is 23.0 Å². The molecule has 0 amide bonds. The minimum Gasteiger partial charge on any atom is -0.346 e. The van der Waals surface area contributed by atoms with Crippen molar-refractivity contribution in [1.29, 1.82) is 0 Å². The molecule has 4 aromatic heterocycles. The van der Waals surface area contributed by atoms with E-state index in [2.05, 4.69) is 15.0 Å². The van der Waals surface area contributed by atoms with Crippen molar-refractivity contribution in [1.82, 2.24) is 24.1 Å². The molecule has 0 fully saturated rings. The van der Waals surface area contributed by atoms with Crippen LogP contribution in [0.15, 0.2) is 41.5 Å².